The lowest BCUT2D eigenvalue weighted by atomic mass is 10.5. The number of urea groups is 1. The Balaban J connectivity index is 2.34. The molecule has 0 bridgehead atoms. The average Bonchev–Trinajstić information content (AvgIpc) is 2.97. The van der Waals surface area contributed by atoms with E-state index < -0.39 is 0 Å². The van der Waals surface area contributed by atoms with Gasteiger partial charge < -0.3 is 15.5 Å². The Bertz CT molecular complexity index is 226. The molecule has 0 saturated heterocycles. The maximum absolute atomic E-state index is 11.5. The minimum absolute atomic E-state index is 0.131. The molecule has 0 aromatic heterocycles. The molecule has 0 aliphatic heterocycles. The standard InChI is InChI=1S/C9H17N3O2/c1-3-12(6-8(13)10-2)9(14)11-7-4-5-7/h7H,3-6H2,1-2H3,(H,10,13)(H,11,14). The van der Waals surface area contributed by atoms with Crippen molar-refractivity contribution in [2.24, 2.45) is 0 Å². The number of likely N-dealkylation sites (N-methyl/N-ethyl adjacent to an activating group) is 2. The first-order chi connectivity index (χ1) is 6.67. The first-order valence-corrected chi connectivity index (χ1v) is 4.93. The van der Waals surface area contributed by atoms with Crippen LogP contribution in [0.1, 0.15) is 19.8 Å². The molecule has 0 heterocycles. The first kappa shape index (κ1) is 10.8. The third-order valence-electron chi connectivity index (χ3n) is 2.19. The van der Waals surface area contributed by atoms with Crippen LogP contribution in [0.5, 0.6) is 0 Å². The molecule has 0 spiro atoms. The second-order valence-corrected chi connectivity index (χ2v) is 3.41. The molecule has 3 amide bonds. The summed E-state index contributed by atoms with van der Waals surface area (Å²) in [5.41, 5.74) is 0. The summed E-state index contributed by atoms with van der Waals surface area (Å²) in [4.78, 5) is 24.1. The number of hydrogen-bond acceptors (Lipinski definition) is 2. The van der Waals surface area contributed by atoms with Gasteiger partial charge in [-0.05, 0) is 19.8 Å². The van der Waals surface area contributed by atoms with Gasteiger partial charge in [0.2, 0.25) is 5.91 Å². The Morgan fingerprint density at radius 3 is 2.50 bits per heavy atom. The van der Waals surface area contributed by atoms with E-state index in [4.69, 9.17) is 0 Å². The Hall–Kier alpha value is -1.26. The zero-order valence-corrected chi connectivity index (χ0v) is 8.67. The average molecular weight is 199 g/mol. The zero-order valence-electron chi connectivity index (χ0n) is 8.67. The van der Waals surface area contributed by atoms with Crippen LogP contribution in [0.15, 0.2) is 0 Å². The quantitative estimate of drug-likeness (QED) is 0.665. The predicted octanol–water partition coefficient (Wildman–Crippen LogP) is -0.0737. The Kier molecular flexibility index (Phi) is 3.73. The van der Waals surface area contributed by atoms with Gasteiger partial charge in [0, 0.05) is 19.6 Å². The molecule has 80 valence electrons. The van der Waals surface area contributed by atoms with Crippen LogP contribution in [-0.2, 0) is 4.79 Å². The van der Waals surface area contributed by atoms with Crippen LogP contribution in [0.3, 0.4) is 0 Å². The van der Waals surface area contributed by atoms with E-state index in [-0.39, 0.29) is 18.5 Å². The molecule has 0 atom stereocenters. The van der Waals surface area contributed by atoms with Gasteiger partial charge in [-0.2, -0.15) is 0 Å². The highest BCUT2D eigenvalue weighted by atomic mass is 16.2. The number of nitrogens with one attached hydrogen (secondary N) is 2. The molecule has 5 nitrogen and oxygen atoms in total. The largest absolute Gasteiger partial charge is 0.358 e. The molecule has 1 rings (SSSR count). The van der Waals surface area contributed by atoms with Gasteiger partial charge in [-0.25, -0.2) is 4.79 Å². The molecule has 1 aliphatic rings. The minimum Gasteiger partial charge on any atom is -0.358 e. The molecule has 1 aliphatic carbocycles. The lowest BCUT2D eigenvalue weighted by Crippen LogP contribution is -2.45. The van der Waals surface area contributed by atoms with Gasteiger partial charge in [0.15, 0.2) is 0 Å². The van der Waals surface area contributed by atoms with Crippen LogP contribution < -0.4 is 10.6 Å². The van der Waals surface area contributed by atoms with Crippen LogP contribution in [0.2, 0.25) is 0 Å². The molecule has 2 N–H and O–H groups in total. The SMILES string of the molecule is CCN(CC(=O)NC)C(=O)NC1CC1. The van der Waals surface area contributed by atoms with E-state index in [1.807, 2.05) is 6.92 Å². The highest BCUT2D eigenvalue weighted by Crippen LogP contribution is 2.18. The number of rotatable bonds is 4. The van der Waals surface area contributed by atoms with E-state index in [0.29, 0.717) is 12.6 Å². The van der Waals surface area contributed by atoms with E-state index in [2.05, 4.69) is 10.6 Å². The number of amides is 3. The summed E-state index contributed by atoms with van der Waals surface area (Å²) in [7, 11) is 1.56. The van der Waals surface area contributed by atoms with Crippen molar-refractivity contribution in [2.75, 3.05) is 20.1 Å². The molecule has 1 saturated carbocycles. The van der Waals surface area contributed by atoms with Gasteiger partial charge in [0.1, 0.15) is 6.54 Å². The van der Waals surface area contributed by atoms with Crippen molar-refractivity contribution in [3.63, 3.8) is 0 Å². The summed E-state index contributed by atoms with van der Waals surface area (Å²) in [6, 6.07) is 0.194. The summed E-state index contributed by atoms with van der Waals surface area (Å²) in [6.45, 7) is 2.53. The van der Waals surface area contributed by atoms with Crippen molar-refractivity contribution in [3.8, 4) is 0 Å². The molecule has 0 radical (unpaired) electrons. The fourth-order valence-electron chi connectivity index (χ4n) is 1.07. The monoisotopic (exact) mass is 199 g/mol. The summed E-state index contributed by atoms with van der Waals surface area (Å²) in [5, 5.41) is 5.33. The maximum Gasteiger partial charge on any atom is 0.318 e. The summed E-state index contributed by atoms with van der Waals surface area (Å²) >= 11 is 0. The van der Waals surface area contributed by atoms with Crippen molar-refractivity contribution >= 4 is 11.9 Å². The van der Waals surface area contributed by atoms with Crippen molar-refractivity contribution in [2.45, 2.75) is 25.8 Å². The molecular weight excluding hydrogens is 182 g/mol. The second-order valence-electron chi connectivity index (χ2n) is 3.41. The second kappa shape index (κ2) is 4.83. The zero-order chi connectivity index (χ0) is 10.6. The summed E-state index contributed by atoms with van der Waals surface area (Å²) in [6.07, 6.45) is 2.12. The molecule has 0 aromatic carbocycles. The van der Waals surface area contributed by atoms with E-state index in [9.17, 15) is 9.59 Å². The molecule has 5 heteroatoms. The highest BCUT2D eigenvalue weighted by Gasteiger charge is 2.25. The van der Waals surface area contributed by atoms with Crippen LogP contribution in [0, 0.1) is 0 Å². The van der Waals surface area contributed by atoms with Gasteiger partial charge >= 0.3 is 6.03 Å². The van der Waals surface area contributed by atoms with Gasteiger partial charge in [-0.15, -0.1) is 0 Å². The van der Waals surface area contributed by atoms with E-state index >= 15 is 0 Å². The highest BCUT2D eigenvalue weighted by molar-refractivity contribution is 5.84. The third-order valence-corrected chi connectivity index (χ3v) is 2.19. The molecule has 14 heavy (non-hydrogen) atoms. The van der Waals surface area contributed by atoms with Crippen LogP contribution in [0.4, 0.5) is 4.79 Å². The van der Waals surface area contributed by atoms with E-state index in [1.54, 1.807) is 7.05 Å². The fourth-order valence-corrected chi connectivity index (χ4v) is 1.07. The third kappa shape index (κ3) is 3.24. The summed E-state index contributed by atoms with van der Waals surface area (Å²) < 4.78 is 0. The number of carbonyl (C=O) groups is 2. The van der Waals surface area contributed by atoms with Gasteiger partial charge in [-0.1, -0.05) is 0 Å². The molecule has 0 unspecified atom stereocenters. The van der Waals surface area contributed by atoms with E-state index in [0.717, 1.165) is 12.8 Å². The minimum atomic E-state index is -0.141. The maximum atomic E-state index is 11.5. The molecule has 1 fully saturated rings. The topological polar surface area (TPSA) is 61.4 Å². The lowest BCUT2D eigenvalue weighted by Gasteiger charge is -2.20. The number of hydrogen-bond donors (Lipinski definition) is 2. The lowest BCUT2D eigenvalue weighted by molar-refractivity contribution is -0.121. The molecular formula is C9H17N3O2. The van der Waals surface area contributed by atoms with Crippen LogP contribution in [-0.4, -0.2) is 43.0 Å². The predicted molar refractivity (Wildman–Crippen MR) is 52.9 cm³/mol. The Morgan fingerprint density at radius 2 is 2.07 bits per heavy atom. The summed E-state index contributed by atoms with van der Waals surface area (Å²) in [5.74, 6) is -0.141. The van der Waals surface area contributed by atoms with Crippen molar-refractivity contribution in [1.82, 2.24) is 15.5 Å². The number of nitrogens with zero attached hydrogens (tertiary/aromatic N) is 1. The first-order valence-electron chi connectivity index (χ1n) is 4.93. The van der Waals surface area contributed by atoms with Crippen LogP contribution >= 0.6 is 0 Å². The van der Waals surface area contributed by atoms with Gasteiger partial charge in [0.25, 0.3) is 0 Å². The number of carbonyl (C=O) groups excluding carboxylic acids is 2. The van der Waals surface area contributed by atoms with Crippen LogP contribution in [0.25, 0.3) is 0 Å². The Labute approximate surface area is 83.8 Å². The normalized spacial score (nSPS) is 14.7. The van der Waals surface area contributed by atoms with Gasteiger partial charge in [-0.3, -0.25) is 4.79 Å². The van der Waals surface area contributed by atoms with Crippen molar-refractivity contribution < 1.29 is 9.59 Å². The smallest absolute Gasteiger partial charge is 0.318 e. The van der Waals surface area contributed by atoms with Crippen molar-refractivity contribution in [3.05, 3.63) is 0 Å². The fraction of sp³-hybridized carbons (Fsp3) is 0.778. The Morgan fingerprint density at radius 1 is 1.43 bits per heavy atom. The van der Waals surface area contributed by atoms with Gasteiger partial charge in [0.05, 0.1) is 0 Å². The molecule has 0 aromatic rings. The van der Waals surface area contributed by atoms with E-state index in [1.165, 1.54) is 4.90 Å². The van der Waals surface area contributed by atoms with Crippen molar-refractivity contribution in [1.29, 1.82) is 0 Å².